The lowest BCUT2D eigenvalue weighted by molar-refractivity contribution is 0.108. The molecule has 2 N–H and O–H groups in total. The molecule has 220 valence electrons. The van der Waals surface area contributed by atoms with Crippen LogP contribution in [0.15, 0.2) is 36.5 Å². The highest BCUT2D eigenvalue weighted by Crippen LogP contribution is 2.41. The Labute approximate surface area is 246 Å². The third kappa shape index (κ3) is 4.29. The first-order valence-electron chi connectivity index (χ1n) is 15.8. The largest absolute Gasteiger partial charge is 0.461 e. The van der Waals surface area contributed by atoms with Crippen LogP contribution in [0.2, 0.25) is 0 Å². The number of hydrogen-bond acceptors (Lipinski definition) is 6. The number of piperazine rings is 1. The van der Waals surface area contributed by atoms with Crippen molar-refractivity contribution in [1.29, 1.82) is 0 Å². The predicted molar refractivity (Wildman–Crippen MR) is 166 cm³/mol. The van der Waals surface area contributed by atoms with E-state index in [0.717, 1.165) is 66.7 Å². The second kappa shape index (κ2) is 9.64. The average Bonchev–Trinajstić information content (AvgIpc) is 3.74. The number of aromatic amines is 1. The molecule has 0 radical (unpaired) electrons. The zero-order chi connectivity index (χ0) is 28.6. The van der Waals surface area contributed by atoms with Crippen LogP contribution in [0.25, 0.3) is 32.9 Å². The summed E-state index contributed by atoms with van der Waals surface area (Å²) in [6, 6.07) is 11.5. The Morgan fingerprint density at radius 3 is 2.48 bits per heavy atom. The highest BCUT2D eigenvalue weighted by Gasteiger charge is 2.45. The highest BCUT2D eigenvalue weighted by molar-refractivity contribution is 6.00. The quantitative estimate of drug-likeness (QED) is 0.301. The number of H-pyrrole nitrogens is 1. The van der Waals surface area contributed by atoms with Crippen LogP contribution in [0.4, 0.5) is 10.2 Å². The highest BCUT2D eigenvalue weighted by atomic mass is 19.1. The Bertz CT molecular complexity index is 1650. The lowest BCUT2D eigenvalue weighted by Gasteiger charge is -2.34. The number of halogens is 1. The normalized spacial score (nSPS) is 23.8. The molecule has 0 saturated carbocycles. The van der Waals surface area contributed by atoms with Crippen LogP contribution in [-0.4, -0.2) is 70.3 Å². The zero-order valence-electron chi connectivity index (χ0n) is 25.0. The zero-order valence-corrected chi connectivity index (χ0v) is 25.0. The summed E-state index contributed by atoms with van der Waals surface area (Å²) in [7, 11) is 0. The van der Waals surface area contributed by atoms with Gasteiger partial charge in [0.25, 0.3) is 0 Å². The summed E-state index contributed by atoms with van der Waals surface area (Å²) in [6.07, 6.45) is 8.95. The van der Waals surface area contributed by atoms with E-state index in [1.165, 1.54) is 31.2 Å². The van der Waals surface area contributed by atoms with Gasteiger partial charge in [-0.15, -0.1) is 0 Å². The molecule has 0 amide bonds. The molecule has 0 aliphatic carbocycles. The van der Waals surface area contributed by atoms with Crippen LogP contribution in [0.1, 0.15) is 64.9 Å². The first-order chi connectivity index (χ1) is 20.3. The van der Waals surface area contributed by atoms with Crippen molar-refractivity contribution in [2.75, 3.05) is 37.7 Å². The van der Waals surface area contributed by atoms with E-state index in [1.54, 1.807) is 0 Å². The summed E-state index contributed by atoms with van der Waals surface area (Å²) in [5, 5.41) is 5.48. The molecule has 6 heterocycles. The van der Waals surface area contributed by atoms with Gasteiger partial charge in [0, 0.05) is 58.8 Å². The average molecular weight is 569 g/mol. The molecule has 2 aromatic heterocycles. The van der Waals surface area contributed by atoms with Gasteiger partial charge in [0.05, 0.1) is 5.54 Å². The van der Waals surface area contributed by atoms with Gasteiger partial charge in [0.15, 0.2) is 5.82 Å². The fraction of sp³-hybridized carbons (Fsp3) is 0.529. The lowest BCUT2D eigenvalue weighted by Crippen LogP contribution is -2.51. The Morgan fingerprint density at radius 1 is 0.976 bits per heavy atom. The Hall–Kier alpha value is -3.23. The van der Waals surface area contributed by atoms with Crippen molar-refractivity contribution in [3.05, 3.63) is 47.9 Å². The number of rotatable bonds is 5. The van der Waals surface area contributed by atoms with Gasteiger partial charge in [-0.3, -0.25) is 4.90 Å². The maximum absolute atomic E-state index is 16.7. The van der Waals surface area contributed by atoms with Gasteiger partial charge in [-0.05, 0) is 80.8 Å². The SMILES string of the molecule is CC(C)(C)c1ccc2[nH]cc(-c3ccc4c(N5C[C@H]6CC[C@@H](C5)N6)nc(OCC56CCCN5CCC6)nc4c3F)c2c1. The van der Waals surface area contributed by atoms with E-state index in [2.05, 4.69) is 59.1 Å². The number of nitrogens with zero attached hydrogens (tertiary/aromatic N) is 4. The fourth-order valence-corrected chi connectivity index (χ4v) is 8.08. The van der Waals surface area contributed by atoms with Gasteiger partial charge in [0.1, 0.15) is 17.9 Å². The van der Waals surface area contributed by atoms with E-state index in [1.807, 2.05) is 18.3 Å². The summed E-state index contributed by atoms with van der Waals surface area (Å²) < 4.78 is 23.2. The molecule has 4 aliphatic rings. The molecular formula is C34H41FN6O. The summed E-state index contributed by atoms with van der Waals surface area (Å²) >= 11 is 0. The maximum atomic E-state index is 16.7. The fourth-order valence-electron chi connectivity index (χ4n) is 8.08. The minimum Gasteiger partial charge on any atom is -0.461 e. The van der Waals surface area contributed by atoms with Gasteiger partial charge in [-0.25, -0.2) is 4.39 Å². The second-order valence-corrected chi connectivity index (χ2v) is 14.1. The number of nitrogens with one attached hydrogen (secondary N) is 2. The van der Waals surface area contributed by atoms with Crippen LogP contribution in [0, 0.1) is 5.82 Å². The molecule has 2 aromatic carbocycles. The summed E-state index contributed by atoms with van der Waals surface area (Å²) in [6.45, 7) is 11.2. The Kier molecular flexibility index (Phi) is 6.06. The summed E-state index contributed by atoms with van der Waals surface area (Å²) in [5.74, 6) is 0.475. The Morgan fingerprint density at radius 2 is 1.74 bits per heavy atom. The first kappa shape index (κ1) is 26.4. The summed E-state index contributed by atoms with van der Waals surface area (Å²) in [5.41, 5.74) is 4.02. The number of fused-ring (bicyclic) bond motifs is 5. The molecule has 4 saturated heterocycles. The number of aromatic nitrogens is 3. The van der Waals surface area contributed by atoms with E-state index in [9.17, 15) is 0 Å². The van der Waals surface area contributed by atoms with Gasteiger partial charge < -0.3 is 19.9 Å². The van der Waals surface area contributed by atoms with Gasteiger partial charge >= 0.3 is 6.01 Å². The lowest BCUT2D eigenvalue weighted by atomic mass is 9.86. The minimum absolute atomic E-state index is 0.00450. The van der Waals surface area contributed by atoms with Crippen LogP contribution in [0.5, 0.6) is 6.01 Å². The molecule has 8 rings (SSSR count). The van der Waals surface area contributed by atoms with Gasteiger partial charge in [-0.1, -0.05) is 32.9 Å². The molecule has 4 fully saturated rings. The van der Waals surface area contributed by atoms with Crippen LogP contribution in [-0.2, 0) is 5.41 Å². The molecule has 2 bridgehead atoms. The van der Waals surface area contributed by atoms with Crippen LogP contribution >= 0.6 is 0 Å². The second-order valence-electron chi connectivity index (χ2n) is 14.1. The van der Waals surface area contributed by atoms with Crippen molar-refractivity contribution >= 4 is 27.6 Å². The van der Waals surface area contributed by atoms with Crippen molar-refractivity contribution in [3.63, 3.8) is 0 Å². The number of anilines is 1. The standard InChI is InChI=1S/C34H41FN6O/c1-33(2,3)21-6-11-28-26(16-21)27(17-36-28)24-9-10-25-30(29(24)35)38-32(42-20-34-12-4-14-41(34)15-5-13-34)39-31(25)40-18-22-7-8-23(19-40)37-22/h6,9-11,16-17,22-23,36-37H,4-5,7-8,12-15,18-20H2,1-3H3/t22-,23+. The number of benzene rings is 2. The van der Waals surface area contributed by atoms with Gasteiger partial charge in [0.2, 0.25) is 0 Å². The molecule has 42 heavy (non-hydrogen) atoms. The van der Waals surface area contributed by atoms with Gasteiger partial charge in [-0.2, -0.15) is 9.97 Å². The van der Waals surface area contributed by atoms with E-state index in [-0.39, 0.29) is 16.8 Å². The van der Waals surface area contributed by atoms with E-state index < -0.39 is 0 Å². The van der Waals surface area contributed by atoms with Crippen molar-refractivity contribution in [3.8, 4) is 17.1 Å². The van der Waals surface area contributed by atoms with Crippen molar-refractivity contribution in [2.45, 2.75) is 82.3 Å². The third-order valence-electron chi connectivity index (χ3n) is 10.4. The molecule has 4 aromatic rings. The maximum Gasteiger partial charge on any atom is 0.319 e. The number of hydrogen-bond donors (Lipinski definition) is 2. The van der Waals surface area contributed by atoms with E-state index >= 15 is 4.39 Å². The van der Waals surface area contributed by atoms with Crippen molar-refractivity contribution < 1.29 is 9.13 Å². The minimum atomic E-state index is -0.317. The molecule has 0 spiro atoms. The first-order valence-corrected chi connectivity index (χ1v) is 15.8. The Balaban J connectivity index is 1.23. The molecule has 8 heteroatoms. The van der Waals surface area contributed by atoms with E-state index in [4.69, 9.17) is 14.7 Å². The smallest absolute Gasteiger partial charge is 0.319 e. The molecule has 0 unspecified atom stereocenters. The van der Waals surface area contributed by atoms with Crippen molar-refractivity contribution in [2.24, 2.45) is 0 Å². The summed E-state index contributed by atoms with van der Waals surface area (Å²) in [4.78, 5) is 18.0. The van der Waals surface area contributed by atoms with Crippen molar-refractivity contribution in [1.82, 2.24) is 25.2 Å². The molecule has 7 nitrogen and oxygen atoms in total. The monoisotopic (exact) mass is 568 g/mol. The predicted octanol–water partition coefficient (Wildman–Crippen LogP) is 6.16. The molecule has 2 atom stereocenters. The van der Waals surface area contributed by atoms with Crippen LogP contribution < -0.4 is 15.0 Å². The molecular weight excluding hydrogens is 527 g/mol. The topological polar surface area (TPSA) is 69.3 Å². The number of ether oxygens (including phenoxy) is 1. The molecule has 4 aliphatic heterocycles. The van der Waals surface area contributed by atoms with Crippen LogP contribution in [0.3, 0.4) is 0 Å². The third-order valence-corrected chi connectivity index (χ3v) is 10.4. The van der Waals surface area contributed by atoms with E-state index in [0.29, 0.717) is 35.8 Å².